The van der Waals surface area contributed by atoms with Crippen LogP contribution in [0.5, 0.6) is 5.75 Å². The Kier molecular flexibility index (Phi) is 14.0. The largest absolute Gasteiger partial charge is 0.496 e. The first-order valence-electron chi connectivity index (χ1n) is 19.6. The van der Waals surface area contributed by atoms with Crippen LogP contribution in [-0.4, -0.2) is 79.1 Å². The second-order valence-electron chi connectivity index (χ2n) is 15.1. The Balaban J connectivity index is 0.000000215. The quantitative estimate of drug-likeness (QED) is 0.248. The molecule has 0 spiro atoms. The maximum Gasteiger partial charge on any atom is 0.417 e. The van der Waals surface area contributed by atoms with E-state index in [1.54, 1.807) is 6.92 Å². The maximum absolute atomic E-state index is 13.6. The topological polar surface area (TPSA) is 73.9 Å². The lowest BCUT2D eigenvalue weighted by molar-refractivity contribution is -0.143. The van der Waals surface area contributed by atoms with Crippen LogP contribution in [0.4, 0.5) is 39.5 Å². The van der Waals surface area contributed by atoms with E-state index in [1.807, 2.05) is 0 Å². The fraction of sp³-hybridized carbons (Fsp3) is 0.650. The van der Waals surface area contributed by atoms with Crippen LogP contribution in [-0.2, 0) is 31.4 Å². The lowest BCUT2D eigenvalue weighted by atomic mass is 9.94. The number of aryl methyl sites for hydroxylation is 2. The predicted molar refractivity (Wildman–Crippen MR) is 193 cm³/mol. The molecule has 16 heteroatoms. The van der Waals surface area contributed by atoms with Gasteiger partial charge in [-0.1, -0.05) is 13.8 Å². The molecule has 6 rings (SSSR count). The molecule has 0 radical (unpaired) electrons. The molecular weight excluding hydrogens is 755 g/mol. The Hall–Kier alpha value is -3.53. The van der Waals surface area contributed by atoms with Gasteiger partial charge in [-0.2, -0.15) is 39.5 Å². The number of amides is 2. The van der Waals surface area contributed by atoms with Crippen LogP contribution < -0.4 is 15.4 Å². The molecule has 2 heterocycles. The van der Waals surface area contributed by atoms with Crippen molar-refractivity contribution >= 4 is 11.8 Å². The summed E-state index contributed by atoms with van der Waals surface area (Å²) in [6, 6.07) is 2.79. The normalized spacial score (nSPS) is 23.6. The monoisotopic (exact) mass is 806 g/mol. The first-order valence-corrected chi connectivity index (χ1v) is 19.6. The first-order chi connectivity index (χ1) is 26.4. The Labute approximate surface area is 321 Å². The third kappa shape index (κ3) is 10.1. The van der Waals surface area contributed by atoms with Crippen molar-refractivity contribution < 1.29 is 53.8 Å². The minimum atomic E-state index is -5.07. The van der Waals surface area contributed by atoms with Crippen LogP contribution >= 0.6 is 0 Å². The van der Waals surface area contributed by atoms with Gasteiger partial charge < -0.3 is 15.4 Å². The third-order valence-electron chi connectivity index (χ3n) is 11.6. The summed E-state index contributed by atoms with van der Waals surface area (Å²) in [5.74, 6) is -1.30. The van der Waals surface area contributed by atoms with Gasteiger partial charge in [0.2, 0.25) is 0 Å². The van der Waals surface area contributed by atoms with E-state index >= 15 is 0 Å². The summed E-state index contributed by atoms with van der Waals surface area (Å²) in [5, 5.41) is 5.79. The van der Waals surface area contributed by atoms with Crippen molar-refractivity contribution in [2.75, 3.05) is 33.3 Å². The van der Waals surface area contributed by atoms with E-state index in [-0.39, 0.29) is 53.4 Å². The van der Waals surface area contributed by atoms with Crippen molar-refractivity contribution in [3.63, 3.8) is 0 Å². The summed E-state index contributed by atoms with van der Waals surface area (Å²) < 4.78 is 125. The van der Waals surface area contributed by atoms with Crippen molar-refractivity contribution in [1.82, 2.24) is 20.4 Å². The molecule has 2 aliphatic heterocycles. The van der Waals surface area contributed by atoms with Gasteiger partial charge in [-0.15, -0.1) is 0 Å². The summed E-state index contributed by atoms with van der Waals surface area (Å²) >= 11 is 0. The second-order valence-corrected chi connectivity index (χ2v) is 15.1. The molecule has 4 atom stereocenters. The molecule has 2 amide bonds. The minimum Gasteiger partial charge on any atom is -0.496 e. The molecule has 4 aliphatic rings. The minimum absolute atomic E-state index is 0.0186. The van der Waals surface area contributed by atoms with E-state index in [0.717, 1.165) is 83.3 Å². The van der Waals surface area contributed by atoms with Gasteiger partial charge in [0.05, 0.1) is 34.9 Å². The fourth-order valence-corrected chi connectivity index (χ4v) is 8.89. The number of carbonyl (C=O) groups excluding carboxylic acids is 2. The van der Waals surface area contributed by atoms with E-state index in [1.165, 1.54) is 26.9 Å². The number of nitrogens with zero attached hydrogens (tertiary/aromatic N) is 2. The molecule has 56 heavy (non-hydrogen) atoms. The van der Waals surface area contributed by atoms with Gasteiger partial charge in [-0.25, -0.2) is 0 Å². The molecule has 0 aromatic heterocycles. The van der Waals surface area contributed by atoms with Gasteiger partial charge in [-0.3, -0.25) is 19.4 Å². The number of alkyl halides is 9. The Morgan fingerprint density at radius 1 is 0.607 bits per heavy atom. The van der Waals surface area contributed by atoms with Gasteiger partial charge >= 0.3 is 18.5 Å². The van der Waals surface area contributed by atoms with E-state index in [2.05, 4.69) is 20.4 Å². The molecule has 2 aromatic carbocycles. The Bertz CT molecular complexity index is 1660. The first kappa shape index (κ1) is 43.6. The van der Waals surface area contributed by atoms with Crippen molar-refractivity contribution in [3.05, 3.63) is 63.2 Å². The van der Waals surface area contributed by atoms with Gasteiger partial charge in [0.1, 0.15) is 5.75 Å². The van der Waals surface area contributed by atoms with E-state index in [0.29, 0.717) is 30.5 Å². The number of hydrogen-bond acceptors (Lipinski definition) is 5. The SMILES string of the molecule is CCc1cc(C(F)(F)F)cc(C(F)(F)F)c1C(=O)NC1CCCC1N1CCCC1.CCc1cc(C(F)(F)F)cc(OC)c1C(=O)N[C@@H]1CCC[C@@H]1N1CCCC1. The predicted octanol–water partition coefficient (Wildman–Crippen LogP) is 9.06. The number of nitrogens with one attached hydrogen (secondary N) is 2. The lowest BCUT2D eigenvalue weighted by Gasteiger charge is -2.30. The molecule has 312 valence electrons. The number of likely N-dealkylation sites (tertiary alicyclic amines) is 2. The molecule has 2 saturated carbocycles. The highest BCUT2D eigenvalue weighted by Crippen LogP contribution is 2.40. The molecule has 0 bridgehead atoms. The lowest BCUT2D eigenvalue weighted by Crippen LogP contribution is -2.48. The maximum atomic E-state index is 13.6. The number of methoxy groups -OCH3 is 1. The molecule has 7 nitrogen and oxygen atoms in total. The number of carbonyl (C=O) groups is 2. The molecule has 2 aromatic rings. The highest BCUT2D eigenvalue weighted by molar-refractivity contribution is 5.99. The summed E-state index contributed by atoms with van der Waals surface area (Å²) in [6.07, 6.45) is -4.43. The molecule has 2 aliphatic carbocycles. The van der Waals surface area contributed by atoms with Crippen molar-refractivity contribution in [2.45, 2.75) is 134 Å². The second kappa shape index (κ2) is 17.9. The fourth-order valence-electron chi connectivity index (χ4n) is 8.89. The average Bonchev–Trinajstić information content (AvgIpc) is 3.98. The van der Waals surface area contributed by atoms with Gasteiger partial charge in [0.25, 0.3) is 11.8 Å². The zero-order valence-electron chi connectivity index (χ0n) is 32.0. The number of hydrogen-bond donors (Lipinski definition) is 2. The van der Waals surface area contributed by atoms with Crippen LogP contribution in [0.2, 0.25) is 0 Å². The zero-order chi connectivity index (χ0) is 41.0. The van der Waals surface area contributed by atoms with Crippen LogP contribution in [0.1, 0.15) is 127 Å². The molecule has 2 unspecified atom stereocenters. The summed E-state index contributed by atoms with van der Waals surface area (Å²) in [7, 11) is 1.30. The zero-order valence-corrected chi connectivity index (χ0v) is 32.0. The van der Waals surface area contributed by atoms with Crippen LogP contribution in [0.3, 0.4) is 0 Å². The van der Waals surface area contributed by atoms with Crippen LogP contribution in [0.15, 0.2) is 24.3 Å². The average molecular weight is 807 g/mol. The number of halogens is 9. The van der Waals surface area contributed by atoms with Crippen molar-refractivity contribution in [2.24, 2.45) is 0 Å². The third-order valence-corrected chi connectivity index (χ3v) is 11.6. The number of rotatable bonds is 9. The van der Waals surface area contributed by atoms with Crippen LogP contribution in [0, 0.1) is 0 Å². The summed E-state index contributed by atoms with van der Waals surface area (Å²) in [4.78, 5) is 30.5. The molecule has 2 saturated heterocycles. The highest BCUT2D eigenvalue weighted by Gasteiger charge is 2.43. The van der Waals surface area contributed by atoms with E-state index in [9.17, 15) is 49.1 Å². The van der Waals surface area contributed by atoms with E-state index < -0.39 is 46.7 Å². The smallest absolute Gasteiger partial charge is 0.417 e. The van der Waals surface area contributed by atoms with Gasteiger partial charge in [0, 0.05) is 24.2 Å². The molecule has 2 N–H and O–H groups in total. The van der Waals surface area contributed by atoms with Crippen molar-refractivity contribution in [1.29, 1.82) is 0 Å². The number of ether oxygens (including phenoxy) is 1. The Morgan fingerprint density at radius 3 is 1.41 bits per heavy atom. The Morgan fingerprint density at radius 2 is 1.02 bits per heavy atom. The van der Waals surface area contributed by atoms with Crippen molar-refractivity contribution in [3.8, 4) is 5.75 Å². The molecule has 4 fully saturated rings. The van der Waals surface area contributed by atoms with Gasteiger partial charge in [0.15, 0.2) is 0 Å². The number of benzene rings is 2. The summed E-state index contributed by atoms with van der Waals surface area (Å²) in [5.41, 5.74) is -4.08. The van der Waals surface area contributed by atoms with Crippen LogP contribution in [0.25, 0.3) is 0 Å². The highest BCUT2D eigenvalue weighted by atomic mass is 19.4. The van der Waals surface area contributed by atoms with E-state index in [4.69, 9.17) is 4.74 Å². The molecular formula is C40H51F9N4O3. The summed E-state index contributed by atoms with van der Waals surface area (Å²) in [6.45, 7) is 7.09. The standard InChI is InChI=1S/C20H24F6N2O.C20H27F3N2O2/c1-2-12-10-13(19(21,22)23)11-14(20(24,25)26)17(12)18(29)27-15-6-5-7-16(15)28-8-3-4-9-28;1-3-13-11-14(20(21,22)23)12-17(27-2)18(13)19(26)24-15-7-6-8-16(15)25-9-4-5-10-25/h10-11,15-16H,2-9H2,1H3,(H,27,29);11-12,15-16H,3-10H2,1-2H3,(H,24,26)/t;15-,16+/m.1/s1. The van der Waals surface area contributed by atoms with Gasteiger partial charge in [-0.05, 0) is 139 Å².